The molecule has 7 heteroatoms. The number of aryl methyl sites for hydroxylation is 1. The first kappa shape index (κ1) is 18.5. The molecule has 26 heavy (non-hydrogen) atoms. The van der Waals surface area contributed by atoms with Crippen LogP contribution in [0, 0.1) is 5.82 Å². The number of benzene rings is 1. The Bertz CT molecular complexity index is 728. The summed E-state index contributed by atoms with van der Waals surface area (Å²) in [6.07, 6.45) is 3.72. The second-order valence-corrected chi connectivity index (χ2v) is 6.47. The van der Waals surface area contributed by atoms with Gasteiger partial charge in [-0.2, -0.15) is 4.98 Å². The maximum absolute atomic E-state index is 13.8. The molecule has 0 N–H and O–H groups in total. The van der Waals surface area contributed by atoms with Crippen molar-refractivity contribution in [2.45, 2.75) is 45.1 Å². The smallest absolute Gasteiger partial charge is 0.227 e. The van der Waals surface area contributed by atoms with Crippen molar-refractivity contribution in [2.24, 2.45) is 0 Å². The van der Waals surface area contributed by atoms with E-state index in [0.717, 1.165) is 25.9 Å². The van der Waals surface area contributed by atoms with Crippen LogP contribution in [0.4, 0.5) is 4.39 Å². The van der Waals surface area contributed by atoms with Crippen LogP contribution in [-0.4, -0.2) is 46.7 Å². The zero-order valence-corrected chi connectivity index (χ0v) is 15.0. The van der Waals surface area contributed by atoms with Gasteiger partial charge in [0.2, 0.25) is 17.6 Å². The fraction of sp³-hybridized carbons (Fsp3) is 0.526. The average molecular weight is 361 g/mol. The summed E-state index contributed by atoms with van der Waals surface area (Å²) in [6, 6.07) is 6.27. The molecule has 140 valence electrons. The van der Waals surface area contributed by atoms with E-state index in [-0.39, 0.29) is 24.3 Å². The monoisotopic (exact) mass is 361 g/mol. The molecule has 0 spiro atoms. The molecule has 6 nitrogen and oxygen atoms in total. The van der Waals surface area contributed by atoms with Crippen LogP contribution < -0.4 is 0 Å². The summed E-state index contributed by atoms with van der Waals surface area (Å²) >= 11 is 0. The third-order valence-electron chi connectivity index (χ3n) is 4.43. The van der Waals surface area contributed by atoms with Crippen molar-refractivity contribution >= 4 is 5.91 Å². The first-order valence-electron chi connectivity index (χ1n) is 9.14. The molecule has 1 saturated heterocycles. The lowest BCUT2D eigenvalue weighted by Crippen LogP contribution is -2.38. The van der Waals surface area contributed by atoms with Gasteiger partial charge in [0.05, 0.1) is 11.7 Å². The van der Waals surface area contributed by atoms with Gasteiger partial charge < -0.3 is 14.2 Å². The van der Waals surface area contributed by atoms with E-state index >= 15 is 0 Å². The SMILES string of the molecule is CCCN(CC1CCCO1)C(=O)CCc1nc(-c2ccccc2F)no1. The summed E-state index contributed by atoms with van der Waals surface area (Å²) in [5, 5.41) is 3.82. The van der Waals surface area contributed by atoms with Gasteiger partial charge in [0.1, 0.15) is 5.82 Å². The van der Waals surface area contributed by atoms with Crippen LogP contribution in [0.3, 0.4) is 0 Å². The van der Waals surface area contributed by atoms with Gasteiger partial charge >= 0.3 is 0 Å². The molecule has 0 radical (unpaired) electrons. The molecule has 0 bridgehead atoms. The van der Waals surface area contributed by atoms with Gasteiger partial charge in [-0.3, -0.25) is 4.79 Å². The van der Waals surface area contributed by atoms with Gasteiger partial charge in [0.25, 0.3) is 0 Å². The van der Waals surface area contributed by atoms with Crippen LogP contribution in [0.5, 0.6) is 0 Å². The minimum absolute atomic E-state index is 0.0491. The average Bonchev–Trinajstić information content (AvgIpc) is 3.31. The van der Waals surface area contributed by atoms with Gasteiger partial charge in [-0.15, -0.1) is 0 Å². The zero-order valence-electron chi connectivity index (χ0n) is 15.0. The predicted molar refractivity (Wildman–Crippen MR) is 93.9 cm³/mol. The minimum atomic E-state index is -0.401. The topological polar surface area (TPSA) is 68.5 Å². The Morgan fingerprint density at radius 3 is 2.96 bits per heavy atom. The van der Waals surface area contributed by atoms with Crippen LogP contribution >= 0.6 is 0 Å². The molecular formula is C19H24FN3O3. The highest BCUT2D eigenvalue weighted by molar-refractivity contribution is 5.76. The highest BCUT2D eigenvalue weighted by atomic mass is 19.1. The first-order chi connectivity index (χ1) is 12.7. The zero-order chi connectivity index (χ0) is 18.4. The summed E-state index contributed by atoms with van der Waals surface area (Å²) in [4.78, 5) is 18.6. The van der Waals surface area contributed by atoms with Crippen molar-refractivity contribution in [3.05, 3.63) is 36.0 Å². The fourth-order valence-corrected chi connectivity index (χ4v) is 3.10. The van der Waals surface area contributed by atoms with Gasteiger partial charge in [0.15, 0.2) is 0 Å². The summed E-state index contributed by atoms with van der Waals surface area (Å²) in [7, 11) is 0. The van der Waals surface area contributed by atoms with E-state index in [9.17, 15) is 9.18 Å². The van der Waals surface area contributed by atoms with Gasteiger partial charge in [-0.1, -0.05) is 24.2 Å². The number of rotatable bonds is 8. The van der Waals surface area contributed by atoms with E-state index in [0.29, 0.717) is 31.0 Å². The molecule has 1 aromatic carbocycles. The molecule has 1 aromatic heterocycles. The van der Waals surface area contributed by atoms with Crippen molar-refractivity contribution in [2.75, 3.05) is 19.7 Å². The van der Waals surface area contributed by atoms with Crippen LogP contribution in [0.25, 0.3) is 11.4 Å². The van der Waals surface area contributed by atoms with Gasteiger partial charge in [-0.05, 0) is 31.4 Å². The van der Waals surface area contributed by atoms with Crippen LogP contribution in [0.2, 0.25) is 0 Å². The van der Waals surface area contributed by atoms with Crippen LogP contribution in [-0.2, 0) is 16.0 Å². The molecule has 1 aliphatic rings. The molecule has 1 amide bonds. The Morgan fingerprint density at radius 1 is 1.38 bits per heavy atom. The number of hydrogen-bond acceptors (Lipinski definition) is 5. The van der Waals surface area contributed by atoms with Crippen molar-refractivity contribution in [3.8, 4) is 11.4 Å². The first-order valence-corrected chi connectivity index (χ1v) is 9.14. The lowest BCUT2D eigenvalue weighted by atomic mass is 10.2. The highest BCUT2D eigenvalue weighted by Gasteiger charge is 2.22. The summed E-state index contributed by atoms with van der Waals surface area (Å²) < 4.78 is 24.6. The van der Waals surface area contributed by atoms with Gasteiger partial charge in [0, 0.05) is 32.5 Å². The number of carbonyl (C=O) groups is 1. The maximum Gasteiger partial charge on any atom is 0.227 e. The third-order valence-corrected chi connectivity index (χ3v) is 4.43. The number of nitrogens with zero attached hydrogens (tertiary/aromatic N) is 3. The third kappa shape index (κ3) is 4.66. The van der Waals surface area contributed by atoms with Gasteiger partial charge in [-0.25, -0.2) is 4.39 Å². The van der Waals surface area contributed by atoms with Crippen molar-refractivity contribution in [1.82, 2.24) is 15.0 Å². The Morgan fingerprint density at radius 2 is 2.23 bits per heavy atom. The van der Waals surface area contributed by atoms with Crippen molar-refractivity contribution < 1.29 is 18.4 Å². The Kier molecular flexibility index (Phi) is 6.33. The number of carbonyl (C=O) groups excluding carboxylic acids is 1. The number of halogens is 1. The van der Waals surface area contributed by atoms with Crippen LogP contribution in [0.15, 0.2) is 28.8 Å². The molecule has 3 rings (SSSR count). The molecular weight excluding hydrogens is 337 g/mol. The second-order valence-electron chi connectivity index (χ2n) is 6.47. The Hall–Kier alpha value is -2.28. The largest absolute Gasteiger partial charge is 0.376 e. The van der Waals surface area contributed by atoms with Crippen molar-refractivity contribution in [1.29, 1.82) is 0 Å². The van der Waals surface area contributed by atoms with E-state index < -0.39 is 5.82 Å². The second kappa shape index (κ2) is 8.89. The molecule has 1 fully saturated rings. The fourth-order valence-electron chi connectivity index (χ4n) is 3.10. The van der Waals surface area contributed by atoms with E-state index in [4.69, 9.17) is 9.26 Å². The van der Waals surface area contributed by atoms with Crippen LogP contribution in [0.1, 0.15) is 38.5 Å². The molecule has 1 atom stereocenters. The molecule has 1 aliphatic heterocycles. The normalized spacial score (nSPS) is 16.8. The molecule has 1 unspecified atom stereocenters. The number of amides is 1. The van der Waals surface area contributed by atoms with E-state index in [1.165, 1.54) is 6.07 Å². The number of ether oxygens (including phenoxy) is 1. The molecule has 0 aliphatic carbocycles. The maximum atomic E-state index is 13.8. The number of aromatic nitrogens is 2. The summed E-state index contributed by atoms with van der Waals surface area (Å²) in [6.45, 7) is 4.17. The van der Waals surface area contributed by atoms with E-state index in [1.807, 2.05) is 4.90 Å². The minimum Gasteiger partial charge on any atom is -0.376 e. The van der Waals surface area contributed by atoms with Crippen molar-refractivity contribution in [3.63, 3.8) is 0 Å². The quantitative estimate of drug-likeness (QED) is 0.722. The van der Waals surface area contributed by atoms with E-state index in [1.54, 1.807) is 18.2 Å². The van der Waals surface area contributed by atoms with E-state index in [2.05, 4.69) is 17.1 Å². The summed E-state index contributed by atoms with van der Waals surface area (Å²) in [5.74, 6) is 0.190. The lowest BCUT2D eigenvalue weighted by molar-refractivity contribution is -0.132. The Balaban J connectivity index is 1.57. The summed E-state index contributed by atoms with van der Waals surface area (Å²) in [5.41, 5.74) is 0.291. The predicted octanol–water partition coefficient (Wildman–Crippen LogP) is 3.23. The Labute approximate surface area is 152 Å². The lowest BCUT2D eigenvalue weighted by Gasteiger charge is -2.24. The number of hydrogen-bond donors (Lipinski definition) is 0. The molecule has 2 heterocycles. The highest BCUT2D eigenvalue weighted by Crippen LogP contribution is 2.20. The molecule has 2 aromatic rings. The standard InChI is InChI=1S/C19H24FN3O3/c1-2-11-23(13-14-6-5-12-25-14)18(24)10-9-17-21-19(22-26-17)15-7-3-4-8-16(15)20/h3-4,7-8,14H,2,5-6,9-13H2,1H3. The molecule has 0 saturated carbocycles.